The van der Waals surface area contributed by atoms with Crippen molar-refractivity contribution in [3.63, 3.8) is 0 Å². The van der Waals surface area contributed by atoms with Crippen molar-refractivity contribution in [3.8, 4) is 0 Å². The van der Waals surface area contributed by atoms with Crippen LogP contribution in [0.25, 0.3) is 0 Å². The maximum atomic E-state index is 13.1. The highest BCUT2D eigenvalue weighted by molar-refractivity contribution is 6.33. The van der Waals surface area contributed by atoms with Crippen molar-refractivity contribution in [1.82, 2.24) is 10.3 Å². The average Bonchev–Trinajstić information content (AvgIpc) is 2.61. The minimum Gasteiger partial charge on any atom is -0.378 e. The molecule has 0 atom stereocenters. The summed E-state index contributed by atoms with van der Waals surface area (Å²) in [5, 5.41) is 2.90. The Hall–Kier alpha value is -2.18. The summed E-state index contributed by atoms with van der Waals surface area (Å²) < 4.78 is 18.4. The van der Waals surface area contributed by atoms with E-state index in [1.807, 2.05) is 12.1 Å². The van der Waals surface area contributed by atoms with Crippen LogP contribution in [0.4, 0.5) is 10.2 Å². The molecule has 1 N–H and O–H groups in total. The topological polar surface area (TPSA) is 54.5 Å². The molecule has 0 bridgehead atoms. The normalized spacial score (nSPS) is 14.5. The molecule has 0 spiro atoms. The van der Waals surface area contributed by atoms with Gasteiger partial charge in [0.1, 0.15) is 11.6 Å². The largest absolute Gasteiger partial charge is 0.378 e. The second kappa shape index (κ2) is 7.59. The lowest BCUT2D eigenvalue weighted by Crippen LogP contribution is -2.37. The monoisotopic (exact) mass is 349 g/mol. The predicted molar refractivity (Wildman–Crippen MR) is 89.8 cm³/mol. The lowest BCUT2D eigenvalue weighted by atomic mass is 10.2. The molecule has 1 aliphatic rings. The Morgan fingerprint density at radius 1 is 1.33 bits per heavy atom. The Morgan fingerprint density at radius 3 is 2.88 bits per heavy atom. The van der Waals surface area contributed by atoms with E-state index in [-0.39, 0.29) is 16.5 Å². The highest BCUT2D eigenvalue weighted by Crippen LogP contribution is 2.20. The van der Waals surface area contributed by atoms with E-state index < -0.39 is 5.82 Å². The Bertz CT molecular complexity index is 736. The Morgan fingerprint density at radius 2 is 2.12 bits per heavy atom. The van der Waals surface area contributed by atoms with Crippen molar-refractivity contribution in [2.24, 2.45) is 0 Å². The summed E-state index contributed by atoms with van der Waals surface area (Å²) in [5.74, 6) is 0.0153. The first-order chi connectivity index (χ1) is 11.6. The molecule has 1 amide bonds. The highest BCUT2D eigenvalue weighted by Gasteiger charge is 2.17. The number of carbonyl (C=O) groups excluding carboxylic acids is 1. The SMILES string of the molecule is O=C(NCc1cccnc1N1CCOCC1)c1ccc(F)cc1Cl. The molecule has 0 saturated carbocycles. The van der Waals surface area contributed by atoms with Crippen molar-refractivity contribution in [2.75, 3.05) is 31.2 Å². The van der Waals surface area contributed by atoms with Crippen molar-refractivity contribution in [2.45, 2.75) is 6.54 Å². The number of hydrogen-bond donors (Lipinski definition) is 1. The second-order valence-electron chi connectivity index (χ2n) is 5.39. The van der Waals surface area contributed by atoms with Gasteiger partial charge in [0.25, 0.3) is 5.91 Å². The van der Waals surface area contributed by atoms with Crippen LogP contribution in [0.5, 0.6) is 0 Å². The number of benzene rings is 1. The molecule has 126 valence electrons. The maximum Gasteiger partial charge on any atom is 0.253 e. The minimum atomic E-state index is -0.474. The standard InChI is InChI=1S/C17H17ClFN3O2/c18-15-10-13(19)3-4-14(15)17(23)21-11-12-2-1-5-20-16(12)22-6-8-24-9-7-22/h1-5,10H,6-9,11H2,(H,21,23). The van der Waals surface area contributed by atoms with Crippen molar-refractivity contribution >= 4 is 23.3 Å². The molecule has 2 heterocycles. The molecule has 5 nitrogen and oxygen atoms in total. The van der Waals surface area contributed by atoms with Crippen LogP contribution >= 0.6 is 11.6 Å². The van der Waals surface area contributed by atoms with E-state index in [9.17, 15) is 9.18 Å². The van der Waals surface area contributed by atoms with Crippen molar-refractivity contribution in [1.29, 1.82) is 0 Å². The maximum absolute atomic E-state index is 13.1. The number of nitrogens with zero attached hydrogens (tertiary/aromatic N) is 2. The number of carbonyl (C=O) groups is 1. The Kier molecular flexibility index (Phi) is 5.27. The lowest BCUT2D eigenvalue weighted by molar-refractivity contribution is 0.0950. The number of morpholine rings is 1. The molecule has 0 aliphatic carbocycles. The molecular formula is C17H17ClFN3O2. The van der Waals surface area contributed by atoms with Gasteiger partial charge in [-0.15, -0.1) is 0 Å². The van der Waals surface area contributed by atoms with E-state index in [0.29, 0.717) is 19.8 Å². The lowest BCUT2D eigenvalue weighted by Gasteiger charge is -2.29. The number of hydrogen-bond acceptors (Lipinski definition) is 4. The molecule has 1 aromatic heterocycles. The molecule has 3 rings (SSSR count). The molecule has 7 heteroatoms. The van der Waals surface area contributed by atoms with Crippen LogP contribution in [-0.2, 0) is 11.3 Å². The zero-order valence-electron chi connectivity index (χ0n) is 13.0. The summed E-state index contributed by atoms with van der Waals surface area (Å²) in [5.41, 5.74) is 1.15. The van der Waals surface area contributed by atoms with E-state index in [2.05, 4.69) is 15.2 Å². The van der Waals surface area contributed by atoms with Crippen LogP contribution < -0.4 is 10.2 Å². The van der Waals surface area contributed by atoms with Gasteiger partial charge in [0, 0.05) is 31.4 Å². The third-order valence-electron chi connectivity index (χ3n) is 3.79. The first-order valence-electron chi connectivity index (χ1n) is 7.65. The van der Waals surface area contributed by atoms with Gasteiger partial charge in [-0.1, -0.05) is 17.7 Å². The van der Waals surface area contributed by atoms with Crippen molar-refractivity contribution in [3.05, 3.63) is 58.5 Å². The van der Waals surface area contributed by atoms with E-state index in [1.54, 1.807) is 6.20 Å². The van der Waals surface area contributed by atoms with Crippen LogP contribution in [-0.4, -0.2) is 37.2 Å². The Balaban J connectivity index is 1.71. The van der Waals surface area contributed by atoms with E-state index in [4.69, 9.17) is 16.3 Å². The molecule has 24 heavy (non-hydrogen) atoms. The van der Waals surface area contributed by atoms with Crippen LogP contribution in [0.1, 0.15) is 15.9 Å². The molecule has 1 saturated heterocycles. The first kappa shape index (κ1) is 16.7. The number of halogens is 2. The number of rotatable bonds is 4. The van der Waals surface area contributed by atoms with Gasteiger partial charge < -0.3 is 15.0 Å². The van der Waals surface area contributed by atoms with Gasteiger partial charge >= 0.3 is 0 Å². The highest BCUT2D eigenvalue weighted by atomic mass is 35.5. The number of nitrogens with one attached hydrogen (secondary N) is 1. The fourth-order valence-electron chi connectivity index (χ4n) is 2.57. The summed E-state index contributed by atoms with van der Waals surface area (Å²) in [7, 11) is 0. The van der Waals surface area contributed by atoms with Crippen LogP contribution in [0.15, 0.2) is 36.5 Å². The smallest absolute Gasteiger partial charge is 0.253 e. The fourth-order valence-corrected chi connectivity index (χ4v) is 2.83. The van der Waals surface area contributed by atoms with Crippen molar-refractivity contribution < 1.29 is 13.9 Å². The molecule has 1 aliphatic heterocycles. The minimum absolute atomic E-state index is 0.0899. The number of anilines is 1. The van der Waals surface area contributed by atoms with Gasteiger partial charge in [0.15, 0.2) is 0 Å². The van der Waals surface area contributed by atoms with Gasteiger partial charge in [-0.05, 0) is 24.3 Å². The van der Waals surface area contributed by atoms with E-state index >= 15 is 0 Å². The number of amides is 1. The Labute approximate surface area is 144 Å². The summed E-state index contributed by atoms with van der Waals surface area (Å²) in [6.45, 7) is 3.16. The molecule has 1 fully saturated rings. The molecule has 0 radical (unpaired) electrons. The van der Waals surface area contributed by atoms with Crippen LogP contribution in [0.2, 0.25) is 5.02 Å². The number of ether oxygens (including phenoxy) is 1. The van der Waals surface area contributed by atoms with E-state index in [1.165, 1.54) is 12.1 Å². The summed E-state index contributed by atoms with van der Waals surface area (Å²) in [6.07, 6.45) is 1.73. The predicted octanol–water partition coefficient (Wildman–Crippen LogP) is 2.64. The molecule has 2 aromatic rings. The molecular weight excluding hydrogens is 333 g/mol. The van der Waals surface area contributed by atoms with Gasteiger partial charge in [-0.2, -0.15) is 0 Å². The van der Waals surface area contributed by atoms with Crippen LogP contribution in [0.3, 0.4) is 0 Å². The molecule has 1 aromatic carbocycles. The van der Waals surface area contributed by atoms with Gasteiger partial charge in [0.2, 0.25) is 0 Å². The fraction of sp³-hybridized carbons (Fsp3) is 0.294. The summed E-state index contributed by atoms with van der Waals surface area (Å²) >= 11 is 5.92. The third-order valence-corrected chi connectivity index (χ3v) is 4.11. The second-order valence-corrected chi connectivity index (χ2v) is 5.80. The average molecular weight is 350 g/mol. The van der Waals surface area contributed by atoms with Crippen LogP contribution in [0, 0.1) is 5.82 Å². The van der Waals surface area contributed by atoms with Gasteiger partial charge in [-0.3, -0.25) is 4.79 Å². The third kappa shape index (κ3) is 3.83. The van der Waals surface area contributed by atoms with E-state index in [0.717, 1.165) is 30.5 Å². The summed E-state index contributed by atoms with van der Waals surface area (Å²) in [6, 6.07) is 7.46. The first-order valence-corrected chi connectivity index (χ1v) is 8.03. The summed E-state index contributed by atoms with van der Waals surface area (Å²) in [4.78, 5) is 18.8. The zero-order chi connectivity index (χ0) is 16.9. The van der Waals surface area contributed by atoms with Gasteiger partial charge in [-0.25, -0.2) is 9.37 Å². The number of pyridine rings is 1. The zero-order valence-corrected chi connectivity index (χ0v) is 13.7. The quantitative estimate of drug-likeness (QED) is 0.922. The number of aromatic nitrogens is 1. The molecule has 0 unspecified atom stereocenters. The van der Waals surface area contributed by atoms with Gasteiger partial charge in [0.05, 0.1) is 23.8 Å².